The van der Waals surface area contributed by atoms with Crippen LogP contribution >= 0.6 is 0 Å². The van der Waals surface area contributed by atoms with Crippen molar-refractivity contribution >= 4 is 98.6 Å². The maximum Gasteiger partial charge on any atom is 0.0988 e. The Morgan fingerprint density at radius 1 is 0.424 bits per heavy atom. The normalized spacial score (nSPS) is 12.7. The molecule has 4 heteroatoms. The first-order valence-electron chi connectivity index (χ1n) is 20.1. The van der Waals surface area contributed by atoms with Gasteiger partial charge in [0.15, 0.2) is 0 Å². The molecule has 0 N–H and O–H groups in total. The number of hydrogen-bond acceptors (Lipinski definition) is 0. The van der Waals surface area contributed by atoms with E-state index < -0.39 is 0 Å². The van der Waals surface area contributed by atoms with Gasteiger partial charge in [0.05, 0.1) is 49.8 Å². The second kappa shape index (κ2) is 12.8. The van der Waals surface area contributed by atoms with Crippen molar-refractivity contribution in [3.8, 4) is 23.7 Å². The summed E-state index contributed by atoms with van der Waals surface area (Å²) in [5.74, 6) is 3.17. The van der Waals surface area contributed by atoms with Gasteiger partial charge in [-0.05, 0) is 79.7 Å². The van der Waals surface area contributed by atoms with E-state index in [0.29, 0.717) is 0 Å². The molecule has 0 aliphatic rings. The predicted octanol–water partition coefficient (Wildman–Crippen LogP) is 14.1. The zero-order valence-electron chi connectivity index (χ0n) is 32.3. The van der Waals surface area contributed by atoms with Crippen molar-refractivity contribution in [2.24, 2.45) is 0 Å². The Hall–Kier alpha value is -8.00. The van der Waals surface area contributed by atoms with Crippen molar-refractivity contribution in [2.75, 3.05) is 0 Å². The first kappa shape index (κ1) is 33.2. The average Bonchev–Trinajstić information content (AvgIpc) is 4.02. The van der Waals surface area contributed by atoms with Crippen LogP contribution in [0.1, 0.15) is 6.92 Å². The van der Waals surface area contributed by atoms with Crippen molar-refractivity contribution in [3.05, 3.63) is 194 Å². The van der Waals surface area contributed by atoms with Gasteiger partial charge in [-0.3, -0.25) is 0 Å². The Morgan fingerprint density at radius 2 is 0.915 bits per heavy atom. The van der Waals surface area contributed by atoms with Crippen LogP contribution < -0.4 is 0 Å². The lowest BCUT2D eigenvalue weighted by atomic mass is 10.1. The van der Waals surface area contributed by atoms with Gasteiger partial charge in [0, 0.05) is 60.2 Å². The Bertz CT molecular complexity index is 3780. The van der Waals surface area contributed by atoms with E-state index in [1.54, 1.807) is 0 Å². The van der Waals surface area contributed by atoms with E-state index in [1.165, 1.54) is 48.9 Å². The van der Waals surface area contributed by atoms with Crippen LogP contribution in [-0.4, -0.2) is 18.3 Å². The molecule has 0 aliphatic heterocycles. The first-order valence-corrected chi connectivity index (χ1v) is 20.1. The van der Waals surface area contributed by atoms with Gasteiger partial charge in [-0.15, -0.1) is 6.42 Å². The largest absolute Gasteiger partial charge is 0.309 e. The lowest BCUT2D eigenvalue weighted by Gasteiger charge is -2.13. The number of aromatic nitrogens is 4. The number of fused-ring (bicyclic) bond motifs is 13. The number of rotatable bonds is 5. The molecule has 4 aromatic heterocycles. The molecule has 0 fully saturated rings. The monoisotopic (exact) mass is 752 g/mol. The topological polar surface area (TPSA) is 19.7 Å². The summed E-state index contributed by atoms with van der Waals surface area (Å²) < 4.78 is 9.47. The van der Waals surface area contributed by atoms with E-state index in [2.05, 4.69) is 225 Å². The second-order valence-corrected chi connectivity index (χ2v) is 15.2. The zero-order chi connectivity index (χ0) is 39.2. The summed E-state index contributed by atoms with van der Waals surface area (Å²) in [5.41, 5.74) is 13.1. The van der Waals surface area contributed by atoms with Crippen molar-refractivity contribution in [2.45, 2.75) is 6.92 Å². The number of benzene rings is 8. The molecule has 4 nitrogen and oxygen atoms in total. The third-order valence-electron chi connectivity index (χ3n) is 12.2. The van der Waals surface area contributed by atoms with Crippen molar-refractivity contribution in [1.29, 1.82) is 0 Å². The summed E-state index contributed by atoms with van der Waals surface area (Å²) in [6.45, 7) is 2.11. The number of hydrogen-bond donors (Lipinski definition) is 0. The highest BCUT2D eigenvalue weighted by atomic mass is 15.0. The molecule has 0 amide bonds. The van der Waals surface area contributed by atoms with Crippen LogP contribution in [-0.2, 0) is 0 Å². The van der Waals surface area contributed by atoms with Crippen LogP contribution in [0.15, 0.2) is 194 Å². The minimum atomic E-state index is 0.765. The minimum absolute atomic E-state index is 0.765. The maximum atomic E-state index is 6.63. The molecule has 12 rings (SSSR count). The highest BCUT2D eigenvalue weighted by molar-refractivity contribution is 6.27. The molecule has 0 saturated carbocycles. The van der Waals surface area contributed by atoms with E-state index in [-0.39, 0.29) is 0 Å². The fourth-order valence-corrected chi connectivity index (χ4v) is 9.77. The molecule has 0 aliphatic carbocycles. The third kappa shape index (κ3) is 4.67. The Labute approximate surface area is 340 Å². The van der Waals surface area contributed by atoms with Gasteiger partial charge in [-0.25, -0.2) is 0 Å². The average molecular weight is 753 g/mol. The highest BCUT2D eigenvalue weighted by Crippen LogP contribution is 2.43. The van der Waals surface area contributed by atoms with E-state index in [0.717, 1.165) is 61.1 Å². The lowest BCUT2D eigenvalue weighted by Crippen LogP contribution is -2.00. The molecule has 12 aromatic rings. The first-order chi connectivity index (χ1) is 29.2. The minimum Gasteiger partial charge on any atom is -0.309 e. The van der Waals surface area contributed by atoms with Crippen molar-refractivity contribution < 1.29 is 0 Å². The number of nitrogens with zero attached hydrogens (tertiary/aromatic N) is 4. The maximum absolute atomic E-state index is 6.63. The number of allylic oxidation sites excluding steroid dienone is 4. The van der Waals surface area contributed by atoms with Crippen molar-refractivity contribution in [3.63, 3.8) is 0 Å². The van der Waals surface area contributed by atoms with Crippen LogP contribution in [0.5, 0.6) is 0 Å². The molecule has 0 unspecified atom stereocenters. The molecule has 276 valence electrons. The number of terminal acetylenes is 1. The molecule has 59 heavy (non-hydrogen) atoms. The van der Waals surface area contributed by atoms with Crippen LogP contribution in [0.2, 0.25) is 0 Å². The Kier molecular flexibility index (Phi) is 7.17. The highest BCUT2D eigenvalue weighted by Gasteiger charge is 2.22. The van der Waals surface area contributed by atoms with Gasteiger partial charge >= 0.3 is 0 Å². The van der Waals surface area contributed by atoms with Crippen LogP contribution in [0.25, 0.3) is 110 Å². The Morgan fingerprint density at radius 3 is 1.56 bits per heavy atom. The molecular formula is C55H36N4. The SMILES string of the molecule is C#C/C(=C\C(=C/C)n1c2ccccc2c2c1ccc1c3ccccc3n(-c3ccccc3)c12)n1c2ccccc2c2cc3c(cc21)c1ccccc1n3-c1ccccc1. The third-order valence-corrected chi connectivity index (χ3v) is 12.2. The fourth-order valence-electron chi connectivity index (χ4n) is 9.77. The summed E-state index contributed by atoms with van der Waals surface area (Å²) in [7, 11) is 0. The molecule has 0 spiro atoms. The van der Waals surface area contributed by atoms with E-state index in [9.17, 15) is 0 Å². The predicted molar refractivity (Wildman–Crippen MR) is 251 cm³/mol. The van der Waals surface area contributed by atoms with Gasteiger partial charge in [0.2, 0.25) is 0 Å². The Balaban J connectivity index is 1.14. The molecule has 0 radical (unpaired) electrons. The summed E-state index contributed by atoms with van der Waals surface area (Å²) in [6, 6.07) is 65.4. The number of para-hydroxylation sites is 6. The van der Waals surface area contributed by atoms with Gasteiger partial charge < -0.3 is 18.3 Å². The summed E-state index contributed by atoms with van der Waals surface area (Å²) in [4.78, 5) is 0. The standard InChI is InChI=1S/C55H36N4/c1-3-36(56-50-30-18-14-26-44(50)54-51(56)32-31-43-40-23-11-17-29-49(40)59(55(43)54)39-21-9-6-10-22-39)33-37(4-2)57-47-27-15-12-24-41(47)45-35-53-46(34-52(45)57)42-25-13-16-28-48(42)58(53)38-19-7-5-8-20-38/h2-3,5-35H,1H3/b36-3+,37-33+. The van der Waals surface area contributed by atoms with Crippen LogP contribution in [0.3, 0.4) is 0 Å². The summed E-state index contributed by atoms with van der Waals surface area (Å²) >= 11 is 0. The zero-order valence-corrected chi connectivity index (χ0v) is 32.3. The molecule has 0 saturated heterocycles. The van der Waals surface area contributed by atoms with Crippen LogP contribution in [0.4, 0.5) is 0 Å². The summed E-state index contributed by atoms with van der Waals surface area (Å²) in [5, 5.41) is 9.57. The molecule has 0 bridgehead atoms. The van der Waals surface area contributed by atoms with Crippen LogP contribution in [0, 0.1) is 12.3 Å². The molecule has 4 heterocycles. The van der Waals surface area contributed by atoms with Gasteiger partial charge in [0.25, 0.3) is 0 Å². The molecule has 8 aromatic carbocycles. The summed E-state index contributed by atoms with van der Waals surface area (Å²) in [6.07, 6.45) is 11.0. The van der Waals surface area contributed by atoms with Gasteiger partial charge in [0.1, 0.15) is 0 Å². The molecular weight excluding hydrogens is 717 g/mol. The smallest absolute Gasteiger partial charge is 0.0988 e. The molecule has 0 atom stereocenters. The van der Waals surface area contributed by atoms with E-state index >= 15 is 0 Å². The fraction of sp³-hybridized carbons (Fsp3) is 0.0182. The van der Waals surface area contributed by atoms with E-state index in [1.807, 2.05) is 0 Å². The van der Waals surface area contributed by atoms with Gasteiger partial charge in [-0.2, -0.15) is 0 Å². The van der Waals surface area contributed by atoms with Crippen molar-refractivity contribution in [1.82, 2.24) is 18.3 Å². The lowest BCUT2D eigenvalue weighted by molar-refractivity contribution is 1.18. The second-order valence-electron chi connectivity index (χ2n) is 15.2. The van der Waals surface area contributed by atoms with E-state index in [4.69, 9.17) is 6.42 Å². The quantitative estimate of drug-likeness (QED) is 0.123. The van der Waals surface area contributed by atoms with Gasteiger partial charge in [-0.1, -0.05) is 127 Å².